The molecule has 3 aromatic carbocycles. The van der Waals surface area contributed by atoms with Crippen LogP contribution >= 0.6 is 11.8 Å². The molecule has 8 heteroatoms. The fraction of sp³-hybridized carbons (Fsp3) is 0.382. The van der Waals surface area contributed by atoms with Crippen LogP contribution in [-0.2, 0) is 33.9 Å². The summed E-state index contributed by atoms with van der Waals surface area (Å²) in [5, 5.41) is 16.8. The second-order valence-corrected chi connectivity index (χ2v) is 13.3. The number of benzene rings is 3. The number of aliphatic hydroxyl groups is 1. The van der Waals surface area contributed by atoms with Gasteiger partial charge >= 0.3 is 0 Å². The molecule has 1 spiro atoms. The third-order valence-electron chi connectivity index (χ3n) is 9.27. The molecule has 3 fully saturated rings. The first kappa shape index (κ1) is 28.5. The zero-order chi connectivity index (χ0) is 29.3. The second-order valence-electron chi connectivity index (χ2n) is 11.7. The van der Waals surface area contributed by atoms with Gasteiger partial charge in [0.1, 0.15) is 6.04 Å². The Morgan fingerprint density at radius 3 is 1.95 bits per heavy atom. The lowest BCUT2D eigenvalue weighted by Gasteiger charge is -2.40. The van der Waals surface area contributed by atoms with E-state index in [1.54, 1.807) is 16.7 Å². The molecule has 3 saturated heterocycles. The highest BCUT2D eigenvalue weighted by atomic mass is 32.2. The number of nitrogens with one attached hydrogen (secondary N) is 2. The zero-order valence-corrected chi connectivity index (χ0v) is 24.5. The van der Waals surface area contributed by atoms with E-state index in [1.807, 2.05) is 91.0 Å². The summed E-state index contributed by atoms with van der Waals surface area (Å²) in [6, 6.07) is 27.8. The monoisotopic (exact) mass is 583 g/mol. The Hall–Kier alpha value is -3.62. The van der Waals surface area contributed by atoms with E-state index in [0.29, 0.717) is 19.5 Å². The molecule has 3 unspecified atom stereocenters. The molecule has 3 amide bonds. The van der Waals surface area contributed by atoms with Gasteiger partial charge in [-0.2, -0.15) is 0 Å². The molecule has 0 radical (unpaired) electrons. The highest BCUT2D eigenvalue weighted by Crippen LogP contribution is 2.68. The minimum absolute atomic E-state index is 0.0435. The number of aliphatic hydroxyl groups excluding tert-OH is 1. The second kappa shape index (κ2) is 11.9. The zero-order valence-electron chi connectivity index (χ0n) is 23.7. The fourth-order valence-electron chi connectivity index (χ4n) is 7.37. The molecule has 0 saturated carbocycles. The predicted molar refractivity (Wildman–Crippen MR) is 163 cm³/mol. The summed E-state index contributed by atoms with van der Waals surface area (Å²) < 4.78 is -0.749. The van der Waals surface area contributed by atoms with E-state index in [9.17, 15) is 19.5 Å². The largest absolute Gasteiger partial charge is 0.394 e. The first-order valence-corrected chi connectivity index (χ1v) is 15.6. The Kier molecular flexibility index (Phi) is 8.10. The van der Waals surface area contributed by atoms with E-state index >= 15 is 0 Å². The normalized spacial score (nSPS) is 28.4. The summed E-state index contributed by atoms with van der Waals surface area (Å²) in [6.07, 6.45) is 1.18. The van der Waals surface area contributed by atoms with Gasteiger partial charge < -0.3 is 20.6 Å². The Bertz CT molecular complexity index is 1420. The summed E-state index contributed by atoms with van der Waals surface area (Å²) in [6.45, 7) is 2.55. The van der Waals surface area contributed by atoms with Crippen LogP contribution < -0.4 is 10.6 Å². The lowest BCUT2D eigenvalue weighted by Crippen LogP contribution is -2.58. The first-order chi connectivity index (χ1) is 20.4. The van der Waals surface area contributed by atoms with E-state index in [-0.39, 0.29) is 35.5 Å². The van der Waals surface area contributed by atoms with Crippen LogP contribution in [0.25, 0.3) is 0 Å². The van der Waals surface area contributed by atoms with Crippen molar-refractivity contribution in [1.29, 1.82) is 0 Å². The number of amides is 3. The van der Waals surface area contributed by atoms with Gasteiger partial charge in [-0.15, -0.1) is 11.8 Å². The van der Waals surface area contributed by atoms with Gasteiger partial charge in [-0.3, -0.25) is 14.4 Å². The fourth-order valence-corrected chi connectivity index (χ4v) is 9.78. The van der Waals surface area contributed by atoms with Crippen LogP contribution in [0.5, 0.6) is 0 Å². The Labute approximate surface area is 251 Å². The van der Waals surface area contributed by atoms with Gasteiger partial charge in [-0.05, 0) is 35.4 Å². The summed E-state index contributed by atoms with van der Waals surface area (Å²) in [7, 11) is 0. The van der Waals surface area contributed by atoms with Crippen molar-refractivity contribution in [1.82, 2.24) is 15.5 Å². The Balaban J connectivity index is 1.33. The van der Waals surface area contributed by atoms with Crippen LogP contribution in [0.2, 0.25) is 0 Å². The van der Waals surface area contributed by atoms with Gasteiger partial charge in [0.05, 0.1) is 29.2 Å². The molecule has 3 aliphatic rings. The average Bonchev–Trinajstić information content (AvgIpc) is 3.62. The third kappa shape index (κ3) is 5.01. The topological polar surface area (TPSA) is 98.7 Å². The van der Waals surface area contributed by atoms with Crippen molar-refractivity contribution in [3.05, 3.63) is 108 Å². The maximum Gasteiger partial charge on any atom is 0.244 e. The number of nitrogens with zero attached hydrogens (tertiary/aromatic N) is 1. The SMILES string of the molecule is CC1C[C@H]2SC13C(C(=O)NCc1ccccc1)N([C@@H](CO)Cc1ccccc1)C(=O)[C@@H]3[C@H]2C(=O)NCc1ccccc1. The molecule has 0 aliphatic carbocycles. The van der Waals surface area contributed by atoms with Gasteiger partial charge in [-0.1, -0.05) is 97.9 Å². The van der Waals surface area contributed by atoms with Crippen LogP contribution in [0.1, 0.15) is 30.0 Å². The van der Waals surface area contributed by atoms with E-state index in [0.717, 1.165) is 23.1 Å². The number of hydrogen-bond donors (Lipinski definition) is 3. The lowest BCUT2D eigenvalue weighted by atomic mass is 9.66. The summed E-state index contributed by atoms with van der Waals surface area (Å²) >= 11 is 1.65. The molecule has 7 nitrogen and oxygen atoms in total. The summed E-state index contributed by atoms with van der Waals surface area (Å²) in [4.78, 5) is 44.2. The van der Waals surface area contributed by atoms with Gasteiger partial charge in [0.2, 0.25) is 17.7 Å². The molecule has 3 aliphatic heterocycles. The maximum atomic E-state index is 14.5. The van der Waals surface area contributed by atoms with Crippen molar-refractivity contribution < 1.29 is 19.5 Å². The maximum absolute atomic E-state index is 14.5. The number of hydrogen-bond acceptors (Lipinski definition) is 5. The molecule has 3 aromatic rings. The quantitative estimate of drug-likeness (QED) is 0.339. The Morgan fingerprint density at radius 1 is 0.881 bits per heavy atom. The van der Waals surface area contributed by atoms with Crippen molar-refractivity contribution in [2.45, 2.75) is 54.9 Å². The number of rotatable bonds is 10. The minimum atomic E-state index is -0.795. The summed E-state index contributed by atoms with van der Waals surface area (Å²) in [5.41, 5.74) is 2.93. The highest BCUT2D eigenvalue weighted by molar-refractivity contribution is 8.02. The molecular formula is C34H37N3O4S. The predicted octanol–water partition coefficient (Wildman–Crippen LogP) is 3.56. The molecule has 42 heavy (non-hydrogen) atoms. The number of carbonyl (C=O) groups is 3. The van der Waals surface area contributed by atoms with Crippen molar-refractivity contribution in [3.63, 3.8) is 0 Å². The van der Waals surface area contributed by atoms with Crippen molar-refractivity contribution in [3.8, 4) is 0 Å². The van der Waals surface area contributed by atoms with E-state index < -0.39 is 28.7 Å². The standard InChI is InChI=1S/C34H37N3O4S/c1-22-17-27-28(31(39)35-19-24-13-7-3-8-14-24)29-33(41)37(26(21-38)18-23-11-5-2-6-12-23)30(34(22,29)42-27)32(40)36-20-25-15-9-4-10-16-25/h2-16,22,26-30,38H,17-21H2,1H3,(H,35,39)(H,36,40)/t22?,26-,27-,28+,29+,30?,34?/m1/s1. The van der Waals surface area contributed by atoms with Crippen molar-refractivity contribution >= 4 is 29.5 Å². The van der Waals surface area contributed by atoms with Gasteiger partial charge in [0.15, 0.2) is 0 Å². The molecule has 3 N–H and O–H groups in total. The van der Waals surface area contributed by atoms with E-state index in [4.69, 9.17) is 0 Å². The van der Waals surface area contributed by atoms with Crippen molar-refractivity contribution in [2.24, 2.45) is 17.8 Å². The van der Waals surface area contributed by atoms with Crippen LogP contribution in [0.3, 0.4) is 0 Å². The molecule has 7 atom stereocenters. The summed E-state index contributed by atoms with van der Waals surface area (Å²) in [5.74, 6) is -1.69. The highest BCUT2D eigenvalue weighted by Gasteiger charge is 2.76. The molecule has 3 heterocycles. The minimum Gasteiger partial charge on any atom is -0.394 e. The molecule has 0 aromatic heterocycles. The number of fused-ring (bicyclic) bond motifs is 1. The van der Waals surface area contributed by atoms with Crippen LogP contribution in [0, 0.1) is 17.8 Å². The van der Waals surface area contributed by atoms with Gasteiger partial charge in [0, 0.05) is 18.3 Å². The van der Waals surface area contributed by atoms with Crippen molar-refractivity contribution in [2.75, 3.05) is 6.61 Å². The number of thioether (sulfide) groups is 1. The smallest absolute Gasteiger partial charge is 0.244 e. The molecular weight excluding hydrogens is 546 g/mol. The Morgan fingerprint density at radius 2 is 1.40 bits per heavy atom. The lowest BCUT2D eigenvalue weighted by molar-refractivity contribution is -0.142. The van der Waals surface area contributed by atoms with Crippen LogP contribution in [-0.4, -0.2) is 56.4 Å². The van der Waals surface area contributed by atoms with E-state index in [2.05, 4.69) is 17.6 Å². The molecule has 218 valence electrons. The number of likely N-dealkylation sites (tertiary alicyclic amines) is 1. The van der Waals surface area contributed by atoms with Gasteiger partial charge in [0.25, 0.3) is 0 Å². The van der Waals surface area contributed by atoms with Crippen LogP contribution in [0.4, 0.5) is 0 Å². The van der Waals surface area contributed by atoms with E-state index in [1.165, 1.54) is 0 Å². The van der Waals surface area contributed by atoms with Gasteiger partial charge in [-0.25, -0.2) is 0 Å². The molecule has 2 bridgehead atoms. The molecule has 6 rings (SSSR count). The average molecular weight is 584 g/mol. The number of carbonyl (C=O) groups excluding carboxylic acids is 3. The first-order valence-electron chi connectivity index (χ1n) is 14.7. The third-order valence-corrected chi connectivity index (χ3v) is 11.3. The van der Waals surface area contributed by atoms with Crippen LogP contribution in [0.15, 0.2) is 91.0 Å².